The monoisotopic (exact) mass is 606 g/mol. The second kappa shape index (κ2) is 11.1. The van der Waals surface area contributed by atoms with Crippen LogP contribution in [-0.4, -0.2) is 86.5 Å². The maximum atomic E-state index is 12.6. The Hall–Kier alpha value is -1.56. The smallest absolute Gasteiger partial charge is 0.338 e. The third kappa shape index (κ3) is 4.90. The van der Waals surface area contributed by atoms with E-state index in [9.17, 15) is 30.0 Å². The zero-order chi connectivity index (χ0) is 31.1. The molecule has 43 heavy (non-hydrogen) atoms. The van der Waals surface area contributed by atoms with E-state index in [1.165, 1.54) is 12.0 Å². The number of hydrogen-bond acceptors (Lipinski definition) is 9. The van der Waals surface area contributed by atoms with Gasteiger partial charge in [0.25, 0.3) is 0 Å². The molecule has 242 valence electrons. The van der Waals surface area contributed by atoms with Crippen molar-refractivity contribution in [3.8, 4) is 0 Å². The molecular formula is C33H50O10. The molecule has 5 fully saturated rings. The highest BCUT2D eigenvalue weighted by atomic mass is 16.7. The lowest BCUT2D eigenvalue weighted by atomic mass is 9.47. The molecule has 0 amide bonds. The highest BCUT2D eigenvalue weighted by Crippen LogP contribution is 2.70. The summed E-state index contributed by atoms with van der Waals surface area (Å²) in [6.07, 6.45) is 1.73. The van der Waals surface area contributed by atoms with Crippen LogP contribution in [0, 0.1) is 46.3 Å². The number of carbonyl (C=O) groups excluding carboxylic acids is 1. The van der Waals surface area contributed by atoms with Crippen molar-refractivity contribution in [1.82, 2.24) is 0 Å². The van der Waals surface area contributed by atoms with E-state index >= 15 is 0 Å². The molecule has 0 bridgehead atoms. The van der Waals surface area contributed by atoms with Gasteiger partial charge in [0.1, 0.15) is 18.3 Å². The number of aliphatic hydroxyl groups is 4. The molecule has 4 aliphatic carbocycles. The lowest BCUT2D eigenvalue weighted by Crippen LogP contribution is -2.53. The first-order chi connectivity index (χ1) is 20.2. The molecule has 2 saturated heterocycles. The molecule has 15 atom stereocenters. The summed E-state index contributed by atoms with van der Waals surface area (Å²) in [5.74, 6) is -0.126. The highest BCUT2D eigenvalue weighted by Gasteiger charge is 2.68. The molecular weight excluding hydrogens is 556 g/mol. The van der Waals surface area contributed by atoms with Gasteiger partial charge in [0.2, 0.25) is 0 Å². The van der Waals surface area contributed by atoms with Gasteiger partial charge >= 0.3 is 11.9 Å². The number of hydrogen-bond donors (Lipinski definition) is 5. The molecule has 2 aliphatic heterocycles. The van der Waals surface area contributed by atoms with E-state index in [-0.39, 0.29) is 16.9 Å². The standard InChI is InChI=1S/C33H50O10/c1-16-7-12-33(41-15-16)17(2)24-23(43-33)14-22-20-6-5-18-13-19(8-10-31(18,3)21(20)9-11-32(22,24)4)42-30(40)28(37)26(35)25(34)27(36)29(38)39/h5,16-17,19-28,34-37H,6-15H2,1-4H3,(H,38,39)/t16-,17+,19?,20?,21?,22?,23?,24?,25-,26-,27-,28+,31?,32?,33+/m1/s1. The van der Waals surface area contributed by atoms with Crippen LogP contribution in [0.3, 0.4) is 0 Å². The largest absolute Gasteiger partial charge is 0.479 e. The number of ether oxygens (including phenoxy) is 3. The van der Waals surface area contributed by atoms with Crippen LogP contribution in [0.25, 0.3) is 0 Å². The summed E-state index contributed by atoms with van der Waals surface area (Å²) >= 11 is 0. The fourth-order valence-electron chi connectivity index (χ4n) is 10.6. The first-order valence-corrected chi connectivity index (χ1v) is 16.4. The van der Waals surface area contributed by atoms with Crippen LogP contribution in [0.15, 0.2) is 11.6 Å². The zero-order valence-corrected chi connectivity index (χ0v) is 25.9. The molecule has 1 spiro atoms. The Labute approximate surface area is 253 Å². The van der Waals surface area contributed by atoms with Crippen molar-refractivity contribution >= 4 is 11.9 Å². The van der Waals surface area contributed by atoms with E-state index in [1.54, 1.807) is 0 Å². The fourth-order valence-corrected chi connectivity index (χ4v) is 10.6. The van der Waals surface area contributed by atoms with Gasteiger partial charge in [0.15, 0.2) is 18.0 Å². The third-order valence-corrected chi connectivity index (χ3v) is 13.1. The quantitative estimate of drug-likeness (QED) is 0.224. The molecule has 0 radical (unpaired) electrons. The predicted octanol–water partition coefficient (Wildman–Crippen LogP) is 2.79. The molecule has 10 heteroatoms. The third-order valence-electron chi connectivity index (χ3n) is 13.1. The Morgan fingerprint density at radius 1 is 0.977 bits per heavy atom. The number of rotatable bonds is 6. The maximum Gasteiger partial charge on any atom is 0.338 e. The zero-order valence-electron chi connectivity index (χ0n) is 25.9. The number of esters is 1. The van der Waals surface area contributed by atoms with E-state index in [1.807, 2.05) is 0 Å². The lowest BCUT2D eigenvalue weighted by molar-refractivity contribution is -0.272. The average Bonchev–Trinajstić information content (AvgIpc) is 3.42. The van der Waals surface area contributed by atoms with Gasteiger partial charge in [-0.25, -0.2) is 9.59 Å². The van der Waals surface area contributed by atoms with Crippen LogP contribution in [0.2, 0.25) is 0 Å². The Morgan fingerprint density at radius 3 is 2.37 bits per heavy atom. The minimum Gasteiger partial charge on any atom is -0.479 e. The number of fused-ring (bicyclic) bond motifs is 7. The van der Waals surface area contributed by atoms with E-state index in [4.69, 9.17) is 19.3 Å². The molecule has 6 aliphatic rings. The van der Waals surface area contributed by atoms with E-state index in [2.05, 4.69) is 33.8 Å². The van der Waals surface area contributed by atoms with Gasteiger partial charge in [-0.1, -0.05) is 39.3 Å². The van der Waals surface area contributed by atoms with Crippen LogP contribution >= 0.6 is 0 Å². The van der Waals surface area contributed by atoms with E-state index in [0.717, 1.165) is 45.1 Å². The molecule has 0 aromatic rings. The summed E-state index contributed by atoms with van der Waals surface area (Å²) in [5, 5.41) is 48.4. The summed E-state index contributed by atoms with van der Waals surface area (Å²) in [7, 11) is 0. The molecule has 8 unspecified atom stereocenters. The van der Waals surface area contributed by atoms with Crippen LogP contribution in [0.5, 0.6) is 0 Å². The average molecular weight is 607 g/mol. The molecule has 0 aromatic heterocycles. The minimum absolute atomic E-state index is 0.00108. The molecule has 3 saturated carbocycles. The summed E-state index contributed by atoms with van der Waals surface area (Å²) in [6, 6.07) is 0. The Bertz CT molecular complexity index is 1130. The lowest BCUT2D eigenvalue weighted by Gasteiger charge is -2.58. The second-order valence-corrected chi connectivity index (χ2v) is 15.3. The van der Waals surface area contributed by atoms with Gasteiger partial charge in [-0.2, -0.15) is 0 Å². The molecule has 2 heterocycles. The number of aliphatic hydroxyl groups excluding tert-OH is 4. The van der Waals surface area contributed by atoms with Crippen molar-refractivity contribution in [3.05, 3.63) is 11.6 Å². The Kier molecular flexibility index (Phi) is 8.08. The van der Waals surface area contributed by atoms with Gasteiger partial charge < -0.3 is 39.7 Å². The van der Waals surface area contributed by atoms with Crippen LogP contribution < -0.4 is 0 Å². The Balaban J connectivity index is 1.12. The maximum absolute atomic E-state index is 12.6. The normalized spacial score (nSPS) is 48.1. The minimum atomic E-state index is -2.34. The number of carboxylic acids is 1. The topological polar surface area (TPSA) is 163 Å². The molecule has 10 nitrogen and oxygen atoms in total. The molecule has 5 N–H and O–H groups in total. The highest BCUT2D eigenvalue weighted by molar-refractivity contribution is 5.76. The molecule has 6 rings (SSSR count). The first-order valence-electron chi connectivity index (χ1n) is 16.4. The van der Waals surface area contributed by atoms with Crippen molar-refractivity contribution < 1.29 is 49.3 Å². The first kappa shape index (κ1) is 31.4. The predicted molar refractivity (Wildman–Crippen MR) is 153 cm³/mol. The number of allylic oxidation sites excluding steroid dienone is 1. The van der Waals surface area contributed by atoms with Gasteiger partial charge in [-0.3, -0.25) is 0 Å². The summed E-state index contributed by atoms with van der Waals surface area (Å²) < 4.78 is 18.9. The fraction of sp³-hybridized carbons (Fsp3) is 0.879. The summed E-state index contributed by atoms with van der Waals surface area (Å²) in [4.78, 5) is 23.5. The van der Waals surface area contributed by atoms with Crippen molar-refractivity contribution in [2.24, 2.45) is 46.3 Å². The van der Waals surface area contributed by atoms with E-state index in [0.29, 0.717) is 48.3 Å². The van der Waals surface area contributed by atoms with Gasteiger partial charge in [0, 0.05) is 18.8 Å². The van der Waals surface area contributed by atoms with Crippen molar-refractivity contribution in [3.63, 3.8) is 0 Å². The van der Waals surface area contributed by atoms with Crippen LogP contribution in [0.4, 0.5) is 0 Å². The van der Waals surface area contributed by atoms with Crippen molar-refractivity contribution in [2.75, 3.05) is 6.61 Å². The van der Waals surface area contributed by atoms with Crippen LogP contribution in [-0.2, 0) is 23.8 Å². The van der Waals surface area contributed by atoms with Crippen LogP contribution in [0.1, 0.15) is 85.5 Å². The Morgan fingerprint density at radius 2 is 1.70 bits per heavy atom. The van der Waals surface area contributed by atoms with Gasteiger partial charge in [-0.05, 0) is 85.4 Å². The number of carboxylic acid groups (broad SMARTS) is 1. The number of aliphatic carboxylic acids is 1. The molecule has 0 aromatic carbocycles. The van der Waals surface area contributed by atoms with E-state index < -0.39 is 48.2 Å². The SMILES string of the molecule is C[C@@H]1CC[C@]2(OC1)OC1CC3C4CC=C5CC(OC(=O)[C@@H](O)[C@H](O)[C@@H](O)[C@@H](O)C(=O)O)CCC5(C)C4CCC3(C)C1[C@@H]2C. The van der Waals surface area contributed by atoms with Crippen molar-refractivity contribution in [1.29, 1.82) is 0 Å². The summed E-state index contributed by atoms with van der Waals surface area (Å²) in [5.41, 5.74) is 1.51. The van der Waals surface area contributed by atoms with Gasteiger partial charge in [0.05, 0.1) is 12.7 Å². The number of carbonyl (C=O) groups is 2. The second-order valence-electron chi connectivity index (χ2n) is 15.3. The van der Waals surface area contributed by atoms with Gasteiger partial charge in [-0.15, -0.1) is 0 Å². The van der Waals surface area contributed by atoms with Crippen molar-refractivity contribution in [2.45, 2.75) is 128 Å². The summed E-state index contributed by atoms with van der Waals surface area (Å²) in [6.45, 7) is 10.3.